The SMILES string of the molecule is CCCCC/C=C\C/C=C\CCCCCCCCCC(=O)OC(CO)COCCCCCCCCCCCCCCCCCCCCCCCCC. The fourth-order valence-electron chi connectivity index (χ4n) is 7.01. The zero-order valence-electron chi connectivity index (χ0n) is 35.3. The monoisotopic (exact) mass is 733 g/mol. The van der Waals surface area contributed by atoms with E-state index in [1.54, 1.807) is 0 Å². The second-order valence-electron chi connectivity index (χ2n) is 15.8. The lowest BCUT2D eigenvalue weighted by molar-refractivity contribution is -0.154. The summed E-state index contributed by atoms with van der Waals surface area (Å²) in [6, 6.07) is 0. The predicted molar refractivity (Wildman–Crippen MR) is 228 cm³/mol. The number of unbranched alkanes of at least 4 members (excludes halogenated alkanes) is 32. The average molecular weight is 733 g/mol. The van der Waals surface area contributed by atoms with Crippen LogP contribution in [-0.2, 0) is 14.3 Å². The van der Waals surface area contributed by atoms with Gasteiger partial charge >= 0.3 is 5.97 Å². The van der Waals surface area contributed by atoms with E-state index < -0.39 is 6.10 Å². The number of hydrogen-bond acceptors (Lipinski definition) is 4. The Morgan fingerprint density at radius 1 is 0.462 bits per heavy atom. The molecule has 0 radical (unpaired) electrons. The minimum absolute atomic E-state index is 0.171. The zero-order valence-corrected chi connectivity index (χ0v) is 35.3. The maximum Gasteiger partial charge on any atom is 0.306 e. The molecule has 0 heterocycles. The third-order valence-corrected chi connectivity index (χ3v) is 10.5. The van der Waals surface area contributed by atoms with Crippen molar-refractivity contribution in [2.45, 2.75) is 258 Å². The highest BCUT2D eigenvalue weighted by molar-refractivity contribution is 5.69. The number of carbonyl (C=O) groups excluding carboxylic acids is 1. The molecule has 4 nitrogen and oxygen atoms in total. The standard InChI is InChI=1S/C48H92O4/c1-3-5-7-9-11-13-15-17-19-21-22-23-24-25-26-28-30-32-34-36-38-40-42-44-51-46-47(45-49)52-48(50)43-41-39-37-35-33-31-29-27-20-18-16-14-12-10-8-6-4-2/h12,14,18,20,47,49H,3-11,13,15-17,19,21-46H2,1-2H3/b14-12-,20-18-. The van der Waals surface area contributed by atoms with E-state index in [0.29, 0.717) is 19.6 Å². The molecule has 0 saturated carbocycles. The highest BCUT2D eigenvalue weighted by atomic mass is 16.6. The van der Waals surface area contributed by atoms with Crippen LogP contribution in [0.3, 0.4) is 0 Å². The Bertz CT molecular complexity index is 732. The topological polar surface area (TPSA) is 55.8 Å². The highest BCUT2D eigenvalue weighted by Crippen LogP contribution is 2.16. The summed E-state index contributed by atoms with van der Waals surface area (Å²) in [4.78, 5) is 12.2. The number of carbonyl (C=O) groups is 1. The molecule has 0 aliphatic heterocycles. The number of ether oxygens (including phenoxy) is 2. The molecule has 0 fully saturated rings. The van der Waals surface area contributed by atoms with E-state index in [1.165, 1.54) is 205 Å². The first-order valence-electron chi connectivity index (χ1n) is 23.4. The average Bonchev–Trinajstić information content (AvgIpc) is 3.15. The first-order valence-corrected chi connectivity index (χ1v) is 23.4. The van der Waals surface area contributed by atoms with Gasteiger partial charge in [0.2, 0.25) is 0 Å². The summed E-state index contributed by atoms with van der Waals surface area (Å²) in [5, 5.41) is 9.62. The van der Waals surface area contributed by atoms with Crippen LogP contribution in [0.25, 0.3) is 0 Å². The van der Waals surface area contributed by atoms with Gasteiger partial charge in [-0.05, 0) is 44.9 Å². The van der Waals surface area contributed by atoms with Crippen LogP contribution in [-0.4, -0.2) is 37.0 Å². The Balaban J connectivity index is 3.37. The van der Waals surface area contributed by atoms with Gasteiger partial charge in [0.05, 0.1) is 13.2 Å². The Morgan fingerprint density at radius 2 is 0.808 bits per heavy atom. The molecule has 52 heavy (non-hydrogen) atoms. The van der Waals surface area contributed by atoms with Crippen molar-refractivity contribution in [3.05, 3.63) is 24.3 Å². The summed E-state index contributed by atoms with van der Waals surface area (Å²) in [5.41, 5.74) is 0. The molecule has 0 rings (SSSR count). The molecular formula is C48H92O4. The van der Waals surface area contributed by atoms with Crippen molar-refractivity contribution >= 4 is 5.97 Å². The second kappa shape index (κ2) is 46.0. The minimum atomic E-state index is -0.534. The summed E-state index contributed by atoms with van der Waals surface area (Å²) >= 11 is 0. The maximum absolute atomic E-state index is 12.2. The third-order valence-electron chi connectivity index (χ3n) is 10.5. The van der Waals surface area contributed by atoms with Gasteiger partial charge in [0.25, 0.3) is 0 Å². The van der Waals surface area contributed by atoms with Crippen molar-refractivity contribution in [2.24, 2.45) is 0 Å². The van der Waals surface area contributed by atoms with Crippen LogP contribution in [0.1, 0.15) is 251 Å². The maximum atomic E-state index is 12.2. The first kappa shape index (κ1) is 50.9. The lowest BCUT2D eigenvalue weighted by Crippen LogP contribution is -2.27. The van der Waals surface area contributed by atoms with Crippen LogP contribution in [0.5, 0.6) is 0 Å². The highest BCUT2D eigenvalue weighted by Gasteiger charge is 2.13. The zero-order chi connectivity index (χ0) is 37.7. The van der Waals surface area contributed by atoms with Gasteiger partial charge in [-0.3, -0.25) is 4.79 Å². The van der Waals surface area contributed by atoms with E-state index in [1.807, 2.05) is 0 Å². The van der Waals surface area contributed by atoms with Gasteiger partial charge in [0, 0.05) is 13.0 Å². The molecule has 0 aromatic carbocycles. The predicted octanol–water partition coefficient (Wildman–Crippen LogP) is 15.5. The molecule has 308 valence electrons. The Hall–Kier alpha value is -1.13. The van der Waals surface area contributed by atoms with Crippen LogP contribution in [0, 0.1) is 0 Å². The van der Waals surface area contributed by atoms with Crippen molar-refractivity contribution in [1.29, 1.82) is 0 Å². The van der Waals surface area contributed by atoms with Gasteiger partial charge in [0.15, 0.2) is 0 Å². The van der Waals surface area contributed by atoms with E-state index in [-0.39, 0.29) is 12.6 Å². The molecule has 0 aromatic heterocycles. The van der Waals surface area contributed by atoms with E-state index in [0.717, 1.165) is 25.7 Å². The molecule has 0 saturated heterocycles. The second-order valence-corrected chi connectivity index (χ2v) is 15.8. The van der Waals surface area contributed by atoms with Gasteiger partial charge in [0.1, 0.15) is 6.10 Å². The Kier molecular flexibility index (Phi) is 45.0. The van der Waals surface area contributed by atoms with Crippen LogP contribution >= 0.6 is 0 Å². The fourth-order valence-corrected chi connectivity index (χ4v) is 7.01. The molecular weight excluding hydrogens is 641 g/mol. The van der Waals surface area contributed by atoms with E-state index >= 15 is 0 Å². The normalized spacial score (nSPS) is 12.4. The van der Waals surface area contributed by atoms with E-state index in [9.17, 15) is 9.90 Å². The van der Waals surface area contributed by atoms with Crippen molar-refractivity contribution in [3.8, 4) is 0 Å². The summed E-state index contributed by atoms with van der Waals surface area (Å²) in [6.45, 7) is 5.36. The quantitative estimate of drug-likeness (QED) is 0.0385. The molecule has 0 spiro atoms. The largest absolute Gasteiger partial charge is 0.457 e. The minimum Gasteiger partial charge on any atom is -0.457 e. The van der Waals surface area contributed by atoms with Crippen LogP contribution in [0.2, 0.25) is 0 Å². The van der Waals surface area contributed by atoms with Gasteiger partial charge < -0.3 is 14.6 Å². The molecule has 0 aliphatic carbocycles. The number of esters is 1. The Labute approximate surface area is 326 Å². The number of hydrogen-bond donors (Lipinski definition) is 1. The molecule has 0 aromatic rings. The summed E-state index contributed by atoms with van der Waals surface area (Å²) in [5.74, 6) is -0.204. The van der Waals surface area contributed by atoms with Crippen molar-refractivity contribution < 1.29 is 19.4 Å². The fraction of sp³-hybridized carbons (Fsp3) is 0.896. The van der Waals surface area contributed by atoms with Crippen LogP contribution < -0.4 is 0 Å². The van der Waals surface area contributed by atoms with Crippen molar-refractivity contribution in [1.82, 2.24) is 0 Å². The van der Waals surface area contributed by atoms with E-state index in [2.05, 4.69) is 38.2 Å². The van der Waals surface area contributed by atoms with Crippen molar-refractivity contribution in [2.75, 3.05) is 19.8 Å². The third kappa shape index (κ3) is 43.3. The molecule has 0 amide bonds. The van der Waals surface area contributed by atoms with Crippen molar-refractivity contribution in [3.63, 3.8) is 0 Å². The van der Waals surface area contributed by atoms with Gasteiger partial charge in [-0.1, -0.05) is 224 Å². The molecule has 1 N–H and O–H groups in total. The number of aliphatic hydroxyl groups excluding tert-OH is 1. The molecule has 1 unspecified atom stereocenters. The lowest BCUT2D eigenvalue weighted by atomic mass is 10.0. The molecule has 4 heteroatoms. The van der Waals surface area contributed by atoms with Gasteiger partial charge in [-0.2, -0.15) is 0 Å². The lowest BCUT2D eigenvalue weighted by Gasteiger charge is -2.16. The number of aliphatic hydroxyl groups is 1. The Morgan fingerprint density at radius 3 is 1.23 bits per heavy atom. The summed E-state index contributed by atoms with van der Waals surface area (Å²) < 4.78 is 11.2. The van der Waals surface area contributed by atoms with Gasteiger partial charge in [-0.15, -0.1) is 0 Å². The van der Waals surface area contributed by atoms with Crippen LogP contribution in [0.4, 0.5) is 0 Å². The smallest absolute Gasteiger partial charge is 0.306 e. The summed E-state index contributed by atoms with van der Waals surface area (Å²) in [6.07, 6.45) is 56.8. The van der Waals surface area contributed by atoms with Crippen LogP contribution in [0.15, 0.2) is 24.3 Å². The molecule has 0 bridgehead atoms. The molecule has 0 aliphatic rings. The molecule has 1 atom stereocenters. The van der Waals surface area contributed by atoms with E-state index in [4.69, 9.17) is 9.47 Å². The first-order chi connectivity index (χ1) is 25.7. The number of allylic oxidation sites excluding steroid dienone is 4. The van der Waals surface area contributed by atoms with Gasteiger partial charge in [-0.25, -0.2) is 0 Å². The number of rotatable bonds is 44. The summed E-state index contributed by atoms with van der Waals surface area (Å²) in [7, 11) is 0.